The second-order valence-electron chi connectivity index (χ2n) is 10.1. The number of aliphatic hydroxyl groups excluding tert-OH is 1. The minimum atomic E-state index is -1.17. The number of carbonyl (C=O) groups is 2. The number of hydrogen-bond donors (Lipinski definition) is 4. The van der Waals surface area contributed by atoms with E-state index in [4.69, 9.17) is 4.74 Å². The van der Waals surface area contributed by atoms with E-state index in [2.05, 4.69) is 15.6 Å². The van der Waals surface area contributed by atoms with Gasteiger partial charge in [-0.05, 0) is 29.4 Å². The van der Waals surface area contributed by atoms with E-state index in [1.807, 2.05) is 81.4 Å². The van der Waals surface area contributed by atoms with E-state index in [0.29, 0.717) is 6.42 Å². The van der Waals surface area contributed by atoms with Crippen molar-refractivity contribution in [1.29, 1.82) is 0 Å². The number of alkyl carbamates (subject to hydrolysis) is 1. The van der Waals surface area contributed by atoms with Gasteiger partial charge in [0.15, 0.2) is 0 Å². The summed E-state index contributed by atoms with van der Waals surface area (Å²) < 4.78 is 5.43. The first-order valence-corrected chi connectivity index (χ1v) is 13.1. The van der Waals surface area contributed by atoms with Crippen molar-refractivity contribution in [3.05, 3.63) is 88.4 Å². The molecule has 198 valence electrons. The van der Waals surface area contributed by atoms with E-state index in [9.17, 15) is 19.8 Å². The van der Waals surface area contributed by atoms with Crippen LogP contribution in [0.25, 0.3) is 0 Å². The fraction of sp³-hybridized carbons (Fsp3) is 0.393. The normalized spacial score (nSPS) is 14.7. The van der Waals surface area contributed by atoms with Crippen LogP contribution in [0.4, 0.5) is 9.59 Å². The van der Waals surface area contributed by atoms with Gasteiger partial charge in [-0.1, -0.05) is 81.4 Å². The van der Waals surface area contributed by atoms with Crippen molar-refractivity contribution in [2.24, 2.45) is 5.41 Å². The number of aromatic nitrogens is 1. The van der Waals surface area contributed by atoms with Crippen LogP contribution in [0.15, 0.2) is 72.4 Å². The van der Waals surface area contributed by atoms with Gasteiger partial charge in [-0.25, -0.2) is 9.59 Å². The number of rotatable bonds is 11. The lowest BCUT2D eigenvalue weighted by Crippen LogP contribution is -2.52. The molecule has 1 heterocycles. The van der Waals surface area contributed by atoms with Crippen LogP contribution in [0.1, 0.15) is 49.1 Å². The Kier molecular flexibility index (Phi) is 10.0. The van der Waals surface area contributed by atoms with E-state index < -0.39 is 30.4 Å². The Labute approximate surface area is 221 Å². The number of ether oxygens (including phenoxy) is 1. The summed E-state index contributed by atoms with van der Waals surface area (Å²) in [7, 11) is 0. The molecule has 0 saturated carbocycles. The number of aliphatic hydroxyl groups is 1. The van der Waals surface area contributed by atoms with Crippen LogP contribution in [0, 0.1) is 5.41 Å². The molecule has 9 heteroatoms. The van der Waals surface area contributed by atoms with Crippen LogP contribution in [-0.4, -0.2) is 45.6 Å². The van der Waals surface area contributed by atoms with Gasteiger partial charge in [0.1, 0.15) is 6.61 Å². The second-order valence-corrected chi connectivity index (χ2v) is 11.1. The lowest BCUT2D eigenvalue weighted by Gasteiger charge is -2.40. The van der Waals surface area contributed by atoms with E-state index in [1.165, 1.54) is 11.3 Å². The summed E-state index contributed by atoms with van der Waals surface area (Å²) in [6.45, 7) is 6.21. The fourth-order valence-corrected chi connectivity index (χ4v) is 5.15. The molecule has 8 nitrogen and oxygen atoms in total. The van der Waals surface area contributed by atoms with Crippen LogP contribution in [-0.2, 0) is 17.8 Å². The van der Waals surface area contributed by atoms with Gasteiger partial charge in [0.25, 0.3) is 0 Å². The van der Waals surface area contributed by atoms with Gasteiger partial charge >= 0.3 is 12.2 Å². The Hall–Kier alpha value is -3.43. The molecular weight excluding hydrogens is 490 g/mol. The molecule has 0 aliphatic carbocycles. The summed E-state index contributed by atoms with van der Waals surface area (Å²) in [6, 6.07) is 17.9. The molecule has 0 saturated heterocycles. The van der Waals surface area contributed by atoms with E-state index in [-0.39, 0.29) is 24.4 Å². The molecule has 0 fully saturated rings. The van der Waals surface area contributed by atoms with Crippen molar-refractivity contribution in [2.45, 2.75) is 64.3 Å². The molecule has 37 heavy (non-hydrogen) atoms. The third-order valence-corrected chi connectivity index (χ3v) is 6.91. The highest BCUT2D eigenvalue weighted by Crippen LogP contribution is 2.39. The Morgan fingerprint density at radius 2 is 1.68 bits per heavy atom. The molecule has 0 spiro atoms. The average molecular weight is 526 g/mol. The van der Waals surface area contributed by atoms with Gasteiger partial charge in [-0.3, -0.25) is 4.98 Å². The zero-order valence-corrected chi connectivity index (χ0v) is 22.2. The predicted molar refractivity (Wildman–Crippen MR) is 144 cm³/mol. The van der Waals surface area contributed by atoms with E-state index >= 15 is 0 Å². The quantitative estimate of drug-likeness (QED) is 0.273. The summed E-state index contributed by atoms with van der Waals surface area (Å²) >= 11 is 1.38. The summed E-state index contributed by atoms with van der Waals surface area (Å²) in [5, 5.41) is 26.4. The Balaban J connectivity index is 1.87. The molecule has 1 unspecified atom stereocenters. The molecule has 4 N–H and O–H groups in total. The number of nitrogens with zero attached hydrogens (tertiary/aromatic N) is 1. The number of benzene rings is 2. The van der Waals surface area contributed by atoms with Crippen molar-refractivity contribution < 1.29 is 24.5 Å². The SMILES string of the molecule is CC(C)(C)C(c1ccccc1)[C@H](NC(=O)OCc1cncs1)[C@H](O)C[C@H](Cc1ccccc1)NC(=O)O. The lowest BCUT2D eigenvalue weighted by atomic mass is 9.70. The van der Waals surface area contributed by atoms with Crippen LogP contribution in [0.5, 0.6) is 0 Å². The number of carbonyl (C=O) groups excluding carboxylic acids is 1. The molecule has 3 aromatic rings. The molecular formula is C28H35N3O5S. The zero-order valence-electron chi connectivity index (χ0n) is 21.3. The molecule has 0 bridgehead atoms. The van der Waals surface area contributed by atoms with Crippen molar-refractivity contribution in [1.82, 2.24) is 15.6 Å². The summed E-state index contributed by atoms with van der Waals surface area (Å²) in [5.41, 5.74) is 3.20. The number of carboxylic acid groups (broad SMARTS) is 1. The Bertz CT molecular complexity index is 1100. The van der Waals surface area contributed by atoms with Gasteiger partial charge in [-0.15, -0.1) is 11.3 Å². The highest BCUT2D eigenvalue weighted by atomic mass is 32.1. The molecule has 0 aliphatic heterocycles. The smallest absolute Gasteiger partial charge is 0.407 e. The highest BCUT2D eigenvalue weighted by Gasteiger charge is 2.39. The third-order valence-electron chi connectivity index (χ3n) is 6.16. The summed E-state index contributed by atoms with van der Waals surface area (Å²) in [5.74, 6) is -0.290. The molecule has 0 radical (unpaired) electrons. The van der Waals surface area contributed by atoms with Crippen LogP contribution < -0.4 is 10.6 Å². The number of amides is 2. The van der Waals surface area contributed by atoms with Crippen molar-refractivity contribution in [3.8, 4) is 0 Å². The van der Waals surface area contributed by atoms with Crippen molar-refractivity contribution in [2.75, 3.05) is 0 Å². The predicted octanol–water partition coefficient (Wildman–Crippen LogP) is 5.20. The first-order valence-electron chi connectivity index (χ1n) is 12.2. The fourth-order valence-electron chi connectivity index (χ4n) is 4.64. The zero-order chi connectivity index (χ0) is 26.8. The molecule has 4 atom stereocenters. The van der Waals surface area contributed by atoms with Crippen LogP contribution in [0.2, 0.25) is 0 Å². The standard InChI is InChI=1S/C28H35N3O5S/c1-28(2,3)24(20-12-8-5-9-13-20)25(31-27(35)36-17-22-16-29-18-37-22)23(32)15-21(30-26(33)34)14-19-10-6-4-7-11-19/h4-13,16,18,21,23-25,30,32H,14-15,17H2,1-3H3,(H,31,35)(H,33,34)/t21-,23+,24?,25+/m0/s1. The van der Waals surface area contributed by atoms with Crippen molar-refractivity contribution in [3.63, 3.8) is 0 Å². The Morgan fingerprint density at radius 1 is 1.03 bits per heavy atom. The average Bonchev–Trinajstić information content (AvgIpc) is 3.36. The molecule has 1 aromatic heterocycles. The largest absolute Gasteiger partial charge is 0.465 e. The highest BCUT2D eigenvalue weighted by molar-refractivity contribution is 7.09. The van der Waals surface area contributed by atoms with Crippen LogP contribution in [0.3, 0.4) is 0 Å². The molecule has 0 aliphatic rings. The van der Waals surface area contributed by atoms with Gasteiger partial charge in [0.2, 0.25) is 0 Å². The molecule has 2 amide bonds. The second kappa shape index (κ2) is 13.2. The number of thiazole rings is 1. The maximum atomic E-state index is 12.9. The van der Waals surface area contributed by atoms with E-state index in [1.54, 1.807) is 11.7 Å². The van der Waals surface area contributed by atoms with Crippen LogP contribution >= 0.6 is 11.3 Å². The van der Waals surface area contributed by atoms with Gasteiger partial charge in [-0.2, -0.15) is 0 Å². The first kappa shape index (κ1) is 28.1. The maximum Gasteiger partial charge on any atom is 0.407 e. The van der Waals surface area contributed by atoms with Gasteiger partial charge < -0.3 is 25.6 Å². The Morgan fingerprint density at radius 3 is 2.24 bits per heavy atom. The molecule has 2 aromatic carbocycles. The first-order chi connectivity index (χ1) is 17.6. The van der Waals surface area contributed by atoms with E-state index in [0.717, 1.165) is 16.0 Å². The minimum absolute atomic E-state index is 0.0715. The van der Waals surface area contributed by atoms with Crippen molar-refractivity contribution >= 4 is 23.5 Å². The lowest BCUT2D eigenvalue weighted by molar-refractivity contribution is 0.0615. The van der Waals surface area contributed by atoms with Gasteiger partial charge in [0.05, 0.1) is 22.5 Å². The number of nitrogens with one attached hydrogen (secondary N) is 2. The van der Waals surface area contributed by atoms with Gasteiger partial charge in [0, 0.05) is 18.2 Å². The number of hydrogen-bond acceptors (Lipinski definition) is 6. The molecule has 3 rings (SSSR count). The maximum absolute atomic E-state index is 12.9. The third kappa shape index (κ3) is 8.87. The minimum Gasteiger partial charge on any atom is -0.465 e. The summed E-state index contributed by atoms with van der Waals surface area (Å²) in [4.78, 5) is 29.2. The topological polar surface area (TPSA) is 121 Å². The monoisotopic (exact) mass is 525 g/mol. The summed E-state index contributed by atoms with van der Waals surface area (Å²) in [6.07, 6.45) is -0.761.